The molecule has 2 aromatic carbocycles. The number of amides is 1. The number of para-hydroxylation sites is 2. The summed E-state index contributed by atoms with van der Waals surface area (Å²) in [5, 5.41) is 7.59. The zero-order valence-corrected chi connectivity index (χ0v) is 16.5. The van der Waals surface area contributed by atoms with Crippen LogP contribution in [0.4, 0.5) is 0 Å². The molecule has 1 amide bonds. The molecule has 1 aromatic heterocycles. The molecule has 4 rings (SSSR count). The second-order valence-corrected chi connectivity index (χ2v) is 7.17. The van der Waals surface area contributed by atoms with Gasteiger partial charge >= 0.3 is 0 Å². The smallest absolute Gasteiger partial charge is 0.253 e. The van der Waals surface area contributed by atoms with E-state index >= 15 is 0 Å². The molecule has 3 aromatic rings. The summed E-state index contributed by atoms with van der Waals surface area (Å²) in [5.41, 5.74) is 2.78. The summed E-state index contributed by atoms with van der Waals surface area (Å²) >= 11 is 0. The van der Waals surface area contributed by atoms with Crippen LogP contribution in [0.3, 0.4) is 0 Å². The molecule has 1 fully saturated rings. The van der Waals surface area contributed by atoms with E-state index in [2.05, 4.69) is 16.3 Å². The van der Waals surface area contributed by atoms with Crippen molar-refractivity contribution in [3.05, 3.63) is 77.6 Å². The number of hydrogen-bond donors (Lipinski definition) is 1. The molecule has 6 heteroatoms. The number of aromatic amines is 1. The van der Waals surface area contributed by atoms with Crippen molar-refractivity contribution in [1.29, 1.82) is 0 Å². The highest BCUT2D eigenvalue weighted by Gasteiger charge is 2.29. The predicted octanol–water partition coefficient (Wildman–Crippen LogP) is 3.67. The largest absolute Gasteiger partial charge is 0.493 e. The second-order valence-electron chi connectivity index (χ2n) is 7.17. The Balaban J connectivity index is 1.31. The lowest BCUT2D eigenvalue weighted by molar-refractivity contribution is 0.0790. The Kier molecular flexibility index (Phi) is 5.79. The van der Waals surface area contributed by atoms with Crippen LogP contribution in [-0.2, 0) is 6.42 Å². The number of carbonyl (C=O) groups excluding carboxylic acids is 1. The monoisotopic (exact) mass is 391 g/mol. The van der Waals surface area contributed by atoms with Gasteiger partial charge in [0.25, 0.3) is 5.91 Å². The van der Waals surface area contributed by atoms with Gasteiger partial charge in [0.2, 0.25) is 0 Å². The Hall–Kier alpha value is -3.28. The summed E-state index contributed by atoms with van der Waals surface area (Å²) < 4.78 is 11.1. The van der Waals surface area contributed by atoms with Gasteiger partial charge in [0.05, 0.1) is 19.4 Å². The van der Waals surface area contributed by atoms with Gasteiger partial charge in [-0.05, 0) is 36.8 Å². The van der Waals surface area contributed by atoms with E-state index in [0.717, 1.165) is 47.8 Å². The SMILES string of the molecule is COc1ccccc1OCCc1cc([C@@H]2CCN(C(=O)c3ccccc3)C2)n[nH]1. The van der Waals surface area contributed by atoms with Crippen LogP contribution in [0.25, 0.3) is 0 Å². The van der Waals surface area contributed by atoms with Crippen molar-refractivity contribution in [3.63, 3.8) is 0 Å². The molecule has 1 aliphatic heterocycles. The van der Waals surface area contributed by atoms with Crippen molar-refractivity contribution in [2.24, 2.45) is 0 Å². The summed E-state index contributed by atoms with van der Waals surface area (Å²) in [7, 11) is 1.64. The van der Waals surface area contributed by atoms with Gasteiger partial charge < -0.3 is 14.4 Å². The molecule has 0 radical (unpaired) electrons. The first-order chi connectivity index (χ1) is 14.2. The third-order valence-electron chi connectivity index (χ3n) is 5.26. The Morgan fingerprint density at radius 3 is 2.69 bits per heavy atom. The molecule has 1 aliphatic rings. The average Bonchev–Trinajstić information content (AvgIpc) is 3.44. The number of nitrogens with one attached hydrogen (secondary N) is 1. The number of H-pyrrole nitrogens is 1. The van der Waals surface area contributed by atoms with E-state index < -0.39 is 0 Å². The van der Waals surface area contributed by atoms with Gasteiger partial charge in [-0.25, -0.2) is 0 Å². The number of rotatable bonds is 7. The number of carbonyl (C=O) groups is 1. The third-order valence-corrected chi connectivity index (χ3v) is 5.26. The van der Waals surface area contributed by atoms with Gasteiger partial charge in [-0.1, -0.05) is 30.3 Å². The van der Waals surface area contributed by atoms with E-state index in [1.54, 1.807) is 7.11 Å². The van der Waals surface area contributed by atoms with Crippen LogP contribution in [-0.4, -0.2) is 47.8 Å². The van der Waals surface area contributed by atoms with E-state index in [1.165, 1.54) is 0 Å². The molecular formula is C23H25N3O3. The van der Waals surface area contributed by atoms with Crippen molar-refractivity contribution in [2.45, 2.75) is 18.8 Å². The topological polar surface area (TPSA) is 67.5 Å². The van der Waals surface area contributed by atoms with Gasteiger partial charge in [0.1, 0.15) is 0 Å². The van der Waals surface area contributed by atoms with Gasteiger partial charge in [-0.3, -0.25) is 9.89 Å². The number of methoxy groups -OCH3 is 1. The minimum atomic E-state index is 0.0917. The van der Waals surface area contributed by atoms with E-state index in [1.807, 2.05) is 59.5 Å². The average molecular weight is 391 g/mol. The second kappa shape index (κ2) is 8.82. The molecule has 29 heavy (non-hydrogen) atoms. The van der Waals surface area contributed by atoms with Crippen molar-refractivity contribution >= 4 is 5.91 Å². The van der Waals surface area contributed by atoms with E-state index in [4.69, 9.17) is 9.47 Å². The molecule has 0 spiro atoms. The summed E-state index contributed by atoms with van der Waals surface area (Å²) in [4.78, 5) is 14.5. The quantitative estimate of drug-likeness (QED) is 0.667. The lowest BCUT2D eigenvalue weighted by Gasteiger charge is -2.16. The lowest BCUT2D eigenvalue weighted by Crippen LogP contribution is -2.28. The molecule has 1 saturated heterocycles. The van der Waals surface area contributed by atoms with Gasteiger partial charge in [0, 0.05) is 36.7 Å². The van der Waals surface area contributed by atoms with Crippen LogP contribution < -0.4 is 9.47 Å². The van der Waals surface area contributed by atoms with E-state index in [9.17, 15) is 4.79 Å². The molecule has 6 nitrogen and oxygen atoms in total. The van der Waals surface area contributed by atoms with Crippen molar-refractivity contribution in [1.82, 2.24) is 15.1 Å². The standard InChI is InChI=1S/C23H25N3O3/c1-28-21-9-5-6-10-22(21)29-14-12-19-15-20(25-24-19)18-11-13-26(16-18)23(27)17-7-3-2-4-8-17/h2-10,15,18H,11-14,16H2,1H3,(H,24,25)/t18-/m1/s1. The fraction of sp³-hybridized carbons (Fsp3) is 0.304. The first-order valence-electron chi connectivity index (χ1n) is 9.89. The lowest BCUT2D eigenvalue weighted by atomic mass is 10.0. The fourth-order valence-corrected chi connectivity index (χ4v) is 3.68. The molecule has 0 bridgehead atoms. The van der Waals surface area contributed by atoms with Crippen molar-refractivity contribution in [2.75, 3.05) is 26.8 Å². The van der Waals surface area contributed by atoms with Crippen molar-refractivity contribution < 1.29 is 14.3 Å². The van der Waals surface area contributed by atoms with Crippen LogP contribution in [0, 0.1) is 0 Å². The Morgan fingerprint density at radius 1 is 1.14 bits per heavy atom. The van der Waals surface area contributed by atoms with Crippen LogP contribution in [0.15, 0.2) is 60.7 Å². The number of aromatic nitrogens is 2. The van der Waals surface area contributed by atoms with Crippen molar-refractivity contribution in [3.8, 4) is 11.5 Å². The maximum absolute atomic E-state index is 12.6. The van der Waals surface area contributed by atoms with Gasteiger partial charge in [-0.2, -0.15) is 5.10 Å². The minimum Gasteiger partial charge on any atom is -0.493 e. The normalized spacial score (nSPS) is 16.0. The molecule has 0 aliphatic carbocycles. The summed E-state index contributed by atoms with van der Waals surface area (Å²) in [5.74, 6) is 1.82. The molecule has 2 heterocycles. The Labute approximate surface area is 170 Å². The summed E-state index contributed by atoms with van der Waals surface area (Å²) in [6, 6.07) is 19.2. The summed E-state index contributed by atoms with van der Waals surface area (Å²) in [6.07, 6.45) is 1.66. The van der Waals surface area contributed by atoms with E-state index in [0.29, 0.717) is 13.2 Å². The van der Waals surface area contributed by atoms with Gasteiger partial charge in [-0.15, -0.1) is 0 Å². The highest BCUT2D eigenvalue weighted by molar-refractivity contribution is 5.94. The first kappa shape index (κ1) is 19.1. The van der Waals surface area contributed by atoms with E-state index in [-0.39, 0.29) is 11.8 Å². The first-order valence-corrected chi connectivity index (χ1v) is 9.89. The zero-order chi connectivity index (χ0) is 20.1. The van der Waals surface area contributed by atoms with Gasteiger partial charge in [0.15, 0.2) is 11.5 Å². The molecule has 0 saturated carbocycles. The predicted molar refractivity (Wildman–Crippen MR) is 110 cm³/mol. The van der Waals surface area contributed by atoms with Crippen LogP contribution >= 0.6 is 0 Å². The minimum absolute atomic E-state index is 0.0917. The molecular weight excluding hydrogens is 366 g/mol. The molecule has 150 valence electrons. The molecule has 0 unspecified atom stereocenters. The number of nitrogens with zero attached hydrogens (tertiary/aromatic N) is 2. The summed E-state index contributed by atoms with van der Waals surface area (Å²) in [6.45, 7) is 2.00. The van der Waals surface area contributed by atoms with Crippen LogP contribution in [0.2, 0.25) is 0 Å². The highest BCUT2D eigenvalue weighted by Crippen LogP contribution is 2.28. The number of ether oxygens (including phenoxy) is 2. The van der Waals surface area contributed by atoms with Crippen LogP contribution in [0.1, 0.15) is 34.1 Å². The third kappa shape index (κ3) is 4.42. The fourth-order valence-electron chi connectivity index (χ4n) is 3.68. The maximum atomic E-state index is 12.6. The Morgan fingerprint density at radius 2 is 1.90 bits per heavy atom. The number of likely N-dealkylation sites (tertiary alicyclic amines) is 1. The maximum Gasteiger partial charge on any atom is 0.253 e. The number of benzene rings is 2. The number of hydrogen-bond acceptors (Lipinski definition) is 4. The Bertz CT molecular complexity index is 955. The molecule has 1 atom stereocenters. The zero-order valence-electron chi connectivity index (χ0n) is 16.5. The highest BCUT2D eigenvalue weighted by atomic mass is 16.5. The molecule has 1 N–H and O–H groups in total. The van der Waals surface area contributed by atoms with Crippen LogP contribution in [0.5, 0.6) is 11.5 Å².